The number of hydrogen-bond acceptors (Lipinski definition) is 3. The summed E-state index contributed by atoms with van der Waals surface area (Å²) in [6.07, 6.45) is 2.48. The first-order valence-electron chi connectivity index (χ1n) is 15.4. The van der Waals surface area contributed by atoms with Gasteiger partial charge < -0.3 is 10.0 Å². The van der Waals surface area contributed by atoms with E-state index >= 15 is 0 Å². The Kier molecular flexibility index (Phi) is 11.4. The number of carboxylic acids is 1. The maximum atomic E-state index is 11.3. The number of rotatable bonds is 15. The van der Waals surface area contributed by atoms with Crippen molar-refractivity contribution in [2.24, 2.45) is 0 Å². The van der Waals surface area contributed by atoms with Gasteiger partial charge in [0, 0.05) is 37.9 Å². The van der Waals surface area contributed by atoms with Crippen LogP contribution in [-0.2, 0) is 24.4 Å². The molecule has 4 rings (SSSR count). The Bertz CT molecular complexity index is 1380. The Labute approximate surface area is 252 Å². The molecule has 4 nitrogen and oxygen atoms in total. The zero-order chi connectivity index (χ0) is 29.9. The van der Waals surface area contributed by atoms with Gasteiger partial charge in [-0.25, -0.2) is 0 Å². The Morgan fingerprint density at radius 3 is 1.90 bits per heavy atom. The van der Waals surface area contributed by atoms with E-state index in [1.165, 1.54) is 51.9 Å². The second-order valence-electron chi connectivity index (χ2n) is 11.6. The molecule has 0 spiro atoms. The van der Waals surface area contributed by atoms with Gasteiger partial charge in [-0.05, 0) is 84.2 Å². The van der Waals surface area contributed by atoms with Crippen molar-refractivity contribution in [3.8, 4) is 11.1 Å². The van der Waals surface area contributed by atoms with Crippen molar-refractivity contribution in [2.45, 2.75) is 78.6 Å². The van der Waals surface area contributed by atoms with E-state index in [1.54, 1.807) is 0 Å². The molecule has 0 fully saturated rings. The lowest BCUT2D eigenvalue weighted by Crippen LogP contribution is -2.30. The highest BCUT2D eigenvalue weighted by molar-refractivity contribution is 5.67. The lowest BCUT2D eigenvalue weighted by atomic mass is 9.94. The largest absolute Gasteiger partial charge is 0.481 e. The van der Waals surface area contributed by atoms with Crippen LogP contribution in [0.2, 0.25) is 0 Å². The van der Waals surface area contributed by atoms with Crippen molar-refractivity contribution < 1.29 is 9.90 Å². The van der Waals surface area contributed by atoms with E-state index in [-0.39, 0.29) is 6.42 Å². The third kappa shape index (κ3) is 8.80. The Morgan fingerprint density at radius 2 is 1.31 bits per heavy atom. The summed E-state index contributed by atoms with van der Waals surface area (Å²) in [6.45, 7) is 11.9. The number of carboxylic acid groups (broad SMARTS) is 1. The first-order chi connectivity index (χ1) is 20.4. The summed E-state index contributed by atoms with van der Waals surface area (Å²) < 4.78 is 0. The third-order valence-corrected chi connectivity index (χ3v) is 8.17. The molecule has 0 saturated carbocycles. The van der Waals surface area contributed by atoms with Crippen LogP contribution in [0.1, 0.15) is 75.1 Å². The molecule has 0 atom stereocenters. The zero-order valence-corrected chi connectivity index (χ0v) is 25.7. The number of carbonyl (C=O) groups is 1. The van der Waals surface area contributed by atoms with Crippen LogP contribution in [0.15, 0.2) is 103 Å². The molecular formula is C38H46N2O2. The molecule has 0 bridgehead atoms. The van der Waals surface area contributed by atoms with E-state index < -0.39 is 5.97 Å². The molecule has 0 aromatic heterocycles. The van der Waals surface area contributed by atoms with Crippen molar-refractivity contribution >= 4 is 11.7 Å². The van der Waals surface area contributed by atoms with Gasteiger partial charge in [0.1, 0.15) is 0 Å². The molecule has 0 aliphatic carbocycles. The predicted molar refractivity (Wildman–Crippen MR) is 176 cm³/mol. The van der Waals surface area contributed by atoms with Crippen molar-refractivity contribution in [3.63, 3.8) is 0 Å². The summed E-state index contributed by atoms with van der Waals surface area (Å²) in [7, 11) is 0. The normalized spacial score (nSPS) is 11.4. The van der Waals surface area contributed by atoms with Crippen LogP contribution in [0.4, 0.5) is 5.69 Å². The number of hydrogen-bond donors (Lipinski definition) is 1. The summed E-state index contributed by atoms with van der Waals surface area (Å²) in [4.78, 5) is 15.9. The molecule has 4 heteroatoms. The van der Waals surface area contributed by atoms with Gasteiger partial charge in [0.05, 0.1) is 6.42 Å². The quantitative estimate of drug-likeness (QED) is 0.157. The summed E-state index contributed by atoms with van der Waals surface area (Å²) in [6, 6.07) is 37.4. The van der Waals surface area contributed by atoms with Gasteiger partial charge in [-0.1, -0.05) is 98.8 Å². The lowest BCUT2D eigenvalue weighted by Gasteiger charge is -2.30. The molecule has 0 aliphatic rings. The standard InChI is InChI=1S/C38H46N2O2/c1-5-33(6-2)34-19-21-37(22-20-34)40(29(3)4)28-32-13-10-14-36(25-32)35-17-15-31(16-18-35)27-39(24-23-38(41)42)26-30-11-8-7-9-12-30/h7-22,25,29,33H,5-6,23-24,26-28H2,1-4H3,(H,41,42). The molecule has 4 aromatic rings. The van der Waals surface area contributed by atoms with Crippen LogP contribution >= 0.6 is 0 Å². The minimum absolute atomic E-state index is 0.132. The first-order valence-corrected chi connectivity index (χ1v) is 15.4. The SMILES string of the molecule is CCC(CC)c1ccc(N(Cc2cccc(-c3ccc(CN(CCC(=O)O)Cc4ccccc4)cc3)c2)C(C)C)cc1. The molecule has 4 aromatic carbocycles. The Morgan fingerprint density at radius 1 is 0.690 bits per heavy atom. The van der Waals surface area contributed by atoms with Crippen LogP contribution in [0, 0.1) is 0 Å². The van der Waals surface area contributed by atoms with E-state index in [0.29, 0.717) is 25.0 Å². The first kappa shape index (κ1) is 31.1. The van der Waals surface area contributed by atoms with E-state index in [2.05, 4.69) is 122 Å². The number of aliphatic carboxylic acids is 1. The second-order valence-corrected chi connectivity index (χ2v) is 11.6. The highest BCUT2D eigenvalue weighted by Gasteiger charge is 2.14. The molecular weight excluding hydrogens is 516 g/mol. The molecule has 0 heterocycles. The molecule has 0 saturated heterocycles. The van der Waals surface area contributed by atoms with Crippen LogP contribution in [-0.4, -0.2) is 28.6 Å². The van der Waals surface area contributed by atoms with E-state index in [0.717, 1.165) is 13.1 Å². The van der Waals surface area contributed by atoms with Crippen molar-refractivity contribution in [1.82, 2.24) is 4.90 Å². The van der Waals surface area contributed by atoms with Gasteiger partial charge in [0.15, 0.2) is 0 Å². The van der Waals surface area contributed by atoms with Crippen LogP contribution in [0.3, 0.4) is 0 Å². The van der Waals surface area contributed by atoms with Crippen LogP contribution in [0.5, 0.6) is 0 Å². The Hall–Kier alpha value is -3.89. The van der Waals surface area contributed by atoms with Crippen molar-refractivity contribution in [1.29, 1.82) is 0 Å². The van der Waals surface area contributed by atoms with E-state index in [1.807, 2.05) is 18.2 Å². The third-order valence-electron chi connectivity index (χ3n) is 8.17. The Balaban J connectivity index is 1.46. The maximum Gasteiger partial charge on any atom is 0.304 e. The monoisotopic (exact) mass is 562 g/mol. The van der Waals surface area contributed by atoms with Gasteiger partial charge >= 0.3 is 5.97 Å². The topological polar surface area (TPSA) is 43.8 Å². The highest BCUT2D eigenvalue weighted by Crippen LogP contribution is 2.28. The molecule has 220 valence electrons. The van der Waals surface area contributed by atoms with Gasteiger partial charge in [-0.3, -0.25) is 9.69 Å². The average Bonchev–Trinajstić information content (AvgIpc) is 3.00. The summed E-state index contributed by atoms with van der Waals surface area (Å²) in [5.74, 6) is -0.135. The van der Waals surface area contributed by atoms with Crippen LogP contribution < -0.4 is 4.90 Å². The maximum absolute atomic E-state index is 11.3. The fraction of sp³-hybridized carbons (Fsp3) is 0.342. The fourth-order valence-electron chi connectivity index (χ4n) is 5.69. The zero-order valence-electron chi connectivity index (χ0n) is 25.7. The molecule has 0 radical (unpaired) electrons. The average molecular weight is 563 g/mol. The molecule has 42 heavy (non-hydrogen) atoms. The number of nitrogens with zero attached hydrogens (tertiary/aromatic N) is 2. The summed E-state index contributed by atoms with van der Waals surface area (Å²) in [5, 5.41) is 9.25. The van der Waals surface area contributed by atoms with Crippen molar-refractivity contribution in [3.05, 3.63) is 125 Å². The minimum atomic E-state index is -0.766. The van der Waals surface area contributed by atoms with Gasteiger partial charge in [0.25, 0.3) is 0 Å². The number of anilines is 1. The molecule has 0 amide bonds. The van der Waals surface area contributed by atoms with Crippen LogP contribution in [0.25, 0.3) is 11.1 Å². The van der Waals surface area contributed by atoms with Gasteiger partial charge in [-0.15, -0.1) is 0 Å². The molecule has 0 aliphatic heterocycles. The fourth-order valence-corrected chi connectivity index (χ4v) is 5.69. The van der Waals surface area contributed by atoms with E-state index in [4.69, 9.17) is 0 Å². The predicted octanol–water partition coefficient (Wildman–Crippen LogP) is 9.15. The summed E-state index contributed by atoms with van der Waals surface area (Å²) in [5.41, 5.74) is 8.75. The molecule has 1 N–H and O–H groups in total. The highest BCUT2D eigenvalue weighted by atomic mass is 16.4. The smallest absolute Gasteiger partial charge is 0.304 e. The minimum Gasteiger partial charge on any atom is -0.481 e. The number of benzene rings is 4. The van der Waals surface area contributed by atoms with Gasteiger partial charge in [-0.2, -0.15) is 0 Å². The van der Waals surface area contributed by atoms with E-state index in [9.17, 15) is 9.90 Å². The van der Waals surface area contributed by atoms with Crippen molar-refractivity contribution in [2.75, 3.05) is 11.4 Å². The lowest BCUT2D eigenvalue weighted by molar-refractivity contribution is -0.137. The van der Waals surface area contributed by atoms with Gasteiger partial charge in [0.2, 0.25) is 0 Å². The molecule has 0 unspecified atom stereocenters. The second kappa shape index (κ2) is 15.4. The summed E-state index contributed by atoms with van der Waals surface area (Å²) >= 11 is 0.